The summed E-state index contributed by atoms with van der Waals surface area (Å²) in [6, 6.07) is 19.5. The topological polar surface area (TPSA) is 116 Å². The molecule has 0 aliphatic heterocycles. The molecule has 1 aliphatic carbocycles. The van der Waals surface area contributed by atoms with E-state index in [0.29, 0.717) is 6.42 Å². The van der Waals surface area contributed by atoms with Crippen molar-refractivity contribution in [3.63, 3.8) is 0 Å². The maximum absolute atomic E-state index is 12.9. The van der Waals surface area contributed by atoms with Crippen LogP contribution in [0.25, 0.3) is 0 Å². The molecule has 3 N–H and O–H groups in total. The first-order valence-corrected chi connectivity index (χ1v) is 10.3. The number of hydrogen-bond acceptors (Lipinski definition) is 4. The van der Waals surface area contributed by atoms with Gasteiger partial charge in [-0.25, -0.2) is 0 Å². The lowest BCUT2D eigenvalue weighted by Crippen LogP contribution is -2.33. The number of aromatic nitrogens is 1. The Morgan fingerprint density at radius 1 is 1.00 bits per heavy atom. The van der Waals surface area contributed by atoms with Gasteiger partial charge in [0, 0.05) is 18.7 Å². The largest absolute Gasteiger partial charge is 0.481 e. The molecule has 0 radical (unpaired) electrons. The van der Waals surface area contributed by atoms with Crippen molar-refractivity contribution in [1.82, 2.24) is 10.3 Å². The van der Waals surface area contributed by atoms with Crippen molar-refractivity contribution in [2.75, 3.05) is 0 Å². The Morgan fingerprint density at radius 3 is 2.09 bits per heavy atom. The summed E-state index contributed by atoms with van der Waals surface area (Å²) in [5.74, 6) is -2.51. The minimum atomic E-state index is -0.908. The highest BCUT2D eigenvalue weighted by atomic mass is 16.4. The summed E-state index contributed by atoms with van der Waals surface area (Å²) in [4.78, 5) is 51.6. The highest BCUT2D eigenvalue weighted by Gasteiger charge is 2.44. The number of benzene rings is 2. The first kappa shape index (κ1) is 21.2. The predicted octanol–water partition coefficient (Wildman–Crippen LogP) is 3.19. The third-order valence-corrected chi connectivity index (χ3v) is 5.69. The van der Waals surface area contributed by atoms with Crippen LogP contribution in [0.3, 0.4) is 0 Å². The summed E-state index contributed by atoms with van der Waals surface area (Å²) in [6.45, 7) is 0. The maximum Gasteiger partial charge on any atom is 0.306 e. The minimum absolute atomic E-state index is 0.0581. The zero-order chi connectivity index (χ0) is 22.7. The summed E-state index contributed by atoms with van der Waals surface area (Å²) in [7, 11) is 0. The van der Waals surface area contributed by atoms with Crippen LogP contribution in [0.15, 0.2) is 77.7 Å². The Morgan fingerprint density at radius 2 is 1.59 bits per heavy atom. The number of aromatic amines is 1. The molecular formula is C25H22N2O5. The van der Waals surface area contributed by atoms with Crippen molar-refractivity contribution in [3.05, 3.63) is 106 Å². The number of carbonyl (C=O) groups is 3. The number of aliphatic carboxylic acids is 1. The summed E-state index contributed by atoms with van der Waals surface area (Å²) >= 11 is 0. The fourth-order valence-corrected chi connectivity index (χ4v) is 3.79. The Labute approximate surface area is 184 Å². The third-order valence-electron chi connectivity index (χ3n) is 5.69. The van der Waals surface area contributed by atoms with Crippen molar-refractivity contribution in [1.29, 1.82) is 0 Å². The molecule has 1 fully saturated rings. The highest BCUT2D eigenvalue weighted by molar-refractivity contribution is 5.97. The van der Waals surface area contributed by atoms with E-state index in [1.807, 2.05) is 60.7 Å². The Balaban J connectivity index is 1.51. The van der Waals surface area contributed by atoms with Gasteiger partial charge in [0.05, 0.1) is 17.7 Å². The van der Waals surface area contributed by atoms with Gasteiger partial charge in [-0.1, -0.05) is 60.7 Å². The minimum Gasteiger partial charge on any atom is -0.481 e. The molecule has 4 rings (SSSR count). The number of carboxylic acid groups (broad SMARTS) is 1. The third kappa shape index (κ3) is 4.67. The van der Waals surface area contributed by atoms with Crippen LogP contribution in [0.1, 0.15) is 50.9 Å². The summed E-state index contributed by atoms with van der Waals surface area (Å²) in [5, 5.41) is 11.9. The average molecular weight is 430 g/mol. The molecule has 7 nitrogen and oxygen atoms in total. The zero-order valence-electron chi connectivity index (χ0n) is 17.2. The van der Waals surface area contributed by atoms with Crippen molar-refractivity contribution in [3.8, 4) is 0 Å². The van der Waals surface area contributed by atoms with Gasteiger partial charge >= 0.3 is 5.97 Å². The van der Waals surface area contributed by atoms with Gasteiger partial charge in [-0.05, 0) is 23.5 Å². The van der Waals surface area contributed by atoms with E-state index in [0.717, 1.165) is 17.2 Å². The van der Waals surface area contributed by atoms with Crippen molar-refractivity contribution in [2.45, 2.75) is 18.9 Å². The van der Waals surface area contributed by atoms with E-state index in [1.165, 1.54) is 6.20 Å². The zero-order valence-corrected chi connectivity index (χ0v) is 17.2. The average Bonchev–Trinajstić information content (AvgIpc) is 3.58. The van der Waals surface area contributed by atoms with E-state index in [2.05, 4.69) is 10.3 Å². The van der Waals surface area contributed by atoms with Crippen molar-refractivity contribution >= 4 is 17.7 Å². The number of carbonyl (C=O) groups excluding carboxylic acids is 2. The van der Waals surface area contributed by atoms with Gasteiger partial charge in [0.1, 0.15) is 5.56 Å². The van der Waals surface area contributed by atoms with E-state index in [-0.39, 0.29) is 29.4 Å². The first-order chi connectivity index (χ1) is 15.4. The van der Waals surface area contributed by atoms with Crippen LogP contribution in [0.4, 0.5) is 0 Å². The first-order valence-electron chi connectivity index (χ1n) is 10.3. The Kier molecular flexibility index (Phi) is 5.98. The van der Waals surface area contributed by atoms with Crippen molar-refractivity contribution in [2.24, 2.45) is 11.8 Å². The van der Waals surface area contributed by atoms with E-state index >= 15 is 0 Å². The second-order valence-electron chi connectivity index (χ2n) is 7.92. The Hall–Kier alpha value is -4.00. The van der Waals surface area contributed by atoms with Gasteiger partial charge in [-0.2, -0.15) is 0 Å². The monoisotopic (exact) mass is 430 g/mol. The number of rotatable bonds is 8. The van der Waals surface area contributed by atoms with Gasteiger partial charge < -0.3 is 15.4 Å². The van der Waals surface area contributed by atoms with Crippen LogP contribution >= 0.6 is 0 Å². The van der Waals surface area contributed by atoms with Gasteiger partial charge in [0.2, 0.25) is 0 Å². The number of ketones is 1. The van der Waals surface area contributed by atoms with E-state index in [4.69, 9.17) is 5.11 Å². The molecule has 1 aromatic heterocycles. The van der Waals surface area contributed by atoms with E-state index in [9.17, 15) is 19.2 Å². The van der Waals surface area contributed by atoms with E-state index < -0.39 is 29.3 Å². The molecule has 0 unspecified atom stereocenters. The van der Waals surface area contributed by atoms with Crippen LogP contribution < -0.4 is 10.7 Å². The second-order valence-corrected chi connectivity index (χ2v) is 7.92. The normalized spacial score (nSPS) is 17.0. The number of Topliss-reactive ketones (excluding diaryl/α,β-unsaturated/α-hetero) is 1. The summed E-state index contributed by atoms with van der Waals surface area (Å²) in [5.41, 5.74) is 1.13. The molecule has 1 amide bonds. The van der Waals surface area contributed by atoms with Gasteiger partial charge in [0.15, 0.2) is 11.2 Å². The lowest BCUT2D eigenvalue weighted by atomic mass is 9.98. The standard InChI is InChI=1S/C25H22N2O5/c28-21-13-20(22(29)12-17-11-18(17)25(31)32)26-14-19(21)24(30)27-23(15-7-3-1-4-8-15)16-9-5-2-6-10-16/h1-10,13-14,17-18,23H,11-12H2,(H,26,28)(H,27,30)(H,31,32)/t17-,18+/m1/s1. The molecule has 1 aliphatic rings. The molecular weight excluding hydrogens is 408 g/mol. The molecule has 1 heterocycles. The molecule has 0 bridgehead atoms. The molecule has 32 heavy (non-hydrogen) atoms. The van der Waals surface area contributed by atoms with Gasteiger partial charge in [-0.3, -0.25) is 19.2 Å². The highest BCUT2D eigenvalue weighted by Crippen LogP contribution is 2.41. The van der Waals surface area contributed by atoms with Crippen LogP contribution in [0.2, 0.25) is 0 Å². The lowest BCUT2D eigenvalue weighted by Gasteiger charge is -2.20. The van der Waals surface area contributed by atoms with Crippen LogP contribution in [0, 0.1) is 11.8 Å². The quantitative estimate of drug-likeness (QED) is 0.475. The molecule has 7 heteroatoms. The number of amides is 1. The second kappa shape index (κ2) is 9.01. The molecule has 2 aromatic carbocycles. The molecule has 2 atom stereocenters. The van der Waals surface area contributed by atoms with Crippen LogP contribution in [-0.2, 0) is 4.79 Å². The fourth-order valence-electron chi connectivity index (χ4n) is 3.79. The van der Waals surface area contributed by atoms with Gasteiger partial charge in [0.25, 0.3) is 5.91 Å². The van der Waals surface area contributed by atoms with Crippen LogP contribution in [0.5, 0.6) is 0 Å². The van der Waals surface area contributed by atoms with Gasteiger partial charge in [-0.15, -0.1) is 0 Å². The van der Waals surface area contributed by atoms with Crippen LogP contribution in [-0.4, -0.2) is 27.8 Å². The Bertz CT molecular complexity index is 1160. The molecule has 0 saturated heterocycles. The summed E-state index contributed by atoms with van der Waals surface area (Å²) < 4.78 is 0. The SMILES string of the molecule is O=C(C[C@H]1C[C@@H]1C(=O)O)c1cc(=O)c(C(=O)NC(c2ccccc2)c2ccccc2)c[nH]1. The van der Waals surface area contributed by atoms with E-state index in [1.54, 1.807) is 0 Å². The lowest BCUT2D eigenvalue weighted by molar-refractivity contribution is -0.138. The number of hydrogen-bond donors (Lipinski definition) is 3. The molecule has 0 spiro atoms. The maximum atomic E-state index is 12.9. The number of carboxylic acids is 1. The molecule has 3 aromatic rings. The number of nitrogens with one attached hydrogen (secondary N) is 2. The summed E-state index contributed by atoms with van der Waals surface area (Å²) in [6.07, 6.45) is 1.76. The predicted molar refractivity (Wildman–Crippen MR) is 117 cm³/mol. The number of pyridine rings is 1. The van der Waals surface area contributed by atoms with Crippen molar-refractivity contribution < 1.29 is 19.5 Å². The molecule has 162 valence electrons. The smallest absolute Gasteiger partial charge is 0.306 e. The fraction of sp³-hybridized carbons (Fsp3) is 0.200. The number of H-pyrrole nitrogens is 1. The molecule has 1 saturated carbocycles.